The molecule has 1 N–H and O–H groups in total. The van der Waals surface area contributed by atoms with Crippen molar-refractivity contribution >= 4 is 12.4 Å². The van der Waals surface area contributed by atoms with E-state index >= 15 is 0 Å². The number of nitrogens with one attached hydrogen (secondary N) is 1. The quantitative estimate of drug-likeness (QED) is 0.811. The molecule has 0 bridgehead atoms. The number of ether oxygens (including phenoxy) is 2. The molecule has 0 saturated carbocycles. The molecule has 1 saturated heterocycles. The number of halogens is 1. The van der Waals surface area contributed by atoms with Gasteiger partial charge in [0.2, 0.25) is 0 Å². The Morgan fingerprint density at radius 1 is 1.12 bits per heavy atom. The first-order valence-corrected chi connectivity index (χ1v) is 8.39. The van der Waals surface area contributed by atoms with Crippen LogP contribution in [0.3, 0.4) is 0 Å². The molecule has 0 aromatic heterocycles. The van der Waals surface area contributed by atoms with E-state index in [1.165, 1.54) is 29.5 Å². The molecule has 0 aliphatic carbocycles. The van der Waals surface area contributed by atoms with Crippen LogP contribution in [0.25, 0.3) is 0 Å². The van der Waals surface area contributed by atoms with Gasteiger partial charge in [-0.15, -0.1) is 12.4 Å². The van der Waals surface area contributed by atoms with E-state index < -0.39 is 0 Å². The van der Waals surface area contributed by atoms with Crippen LogP contribution in [0.2, 0.25) is 0 Å². The Hall–Kier alpha value is -1.55. The maximum absolute atomic E-state index is 5.90. The molecule has 1 heterocycles. The summed E-state index contributed by atoms with van der Waals surface area (Å²) in [5.41, 5.74) is 3.70. The monoisotopic (exact) mass is 347 g/mol. The van der Waals surface area contributed by atoms with Gasteiger partial charge in [-0.1, -0.05) is 42.0 Å². The van der Waals surface area contributed by atoms with Crippen LogP contribution in [0.15, 0.2) is 48.5 Å². The van der Waals surface area contributed by atoms with Crippen LogP contribution in [0, 0.1) is 6.92 Å². The van der Waals surface area contributed by atoms with Gasteiger partial charge in [-0.25, -0.2) is 0 Å². The van der Waals surface area contributed by atoms with Gasteiger partial charge in [-0.2, -0.15) is 0 Å². The number of rotatable bonds is 7. The average molecular weight is 348 g/mol. The summed E-state index contributed by atoms with van der Waals surface area (Å²) in [6.45, 7) is 5.38. The van der Waals surface area contributed by atoms with Gasteiger partial charge in [0, 0.05) is 19.7 Å². The van der Waals surface area contributed by atoms with Crippen molar-refractivity contribution in [2.24, 2.45) is 0 Å². The van der Waals surface area contributed by atoms with Crippen LogP contribution in [0.5, 0.6) is 5.75 Å². The smallest absolute Gasteiger partial charge is 0.120 e. The van der Waals surface area contributed by atoms with Gasteiger partial charge in [-0.05, 0) is 43.0 Å². The van der Waals surface area contributed by atoms with E-state index in [-0.39, 0.29) is 12.4 Å². The summed E-state index contributed by atoms with van der Waals surface area (Å²) in [5, 5.41) is 3.47. The lowest BCUT2D eigenvalue weighted by molar-refractivity contribution is 0.110. The van der Waals surface area contributed by atoms with E-state index in [4.69, 9.17) is 9.47 Å². The molecule has 2 aromatic carbocycles. The molecule has 1 unspecified atom stereocenters. The van der Waals surface area contributed by atoms with Crippen molar-refractivity contribution in [2.45, 2.75) is 39.0 Å². The summed E-state index contributed by atoms with van der Waals surface area (Å²) in [7, 11) is 0. The topological polar surface area (TPSA) is 30.5 Å². The molecule has 1 fully saturated rings. The zero-order valence-electron chi connectivity index (χ0n) is 14.2. The summed E-state index contributed by atoms with van der Waals surface area (Å²) < 4.78 is 11.5. The minimum absolute atomic E-state index is 0. The highest BCUT2D eigenvalue weighted by Gasteiger charge is 2.14. The second-order valence-corrected chi connectivity index (χ2v) is 6.19. The first-order chi connectivity index (χ1) is 11.3. The van der Waals surface area contributed by atoms with Crippen molar-refractivity contribution in [3.05, 3.63) is 65.2 Å². The van der Waals surface area contributed by atoms with Crippen LogP contribution >= 0.6 is 12.4 Å². The van der Waals surface area contributed by atoms with Gasteiger partial charge in [0.05, 0.1) is 6.10 Å². The Balaban J connectivity index is 0.00000208. The fraction of sp³-hybridized carbons (Fsp3) is 0.400. The lowest BCUT2D eigenvalue weighted by Gasteiger charge is -2.12. The third kappa shape index (κ3) is 5.82. The van der Waals surface area contributed by atoms with Crippen LogP contribution in [0.1, 0.15) is 29.5 Å². The van der Waals surface area contributed by atoms with Gasteiger partial charge in [0.1, 0.15) is 12.4 Å². The van der Waals surface area contributed by atoms with E-state index in [9.17, 15) is 0 Å². The molecular weight excluding hydrogens is 322 g/mol. The highest BCUT2D eigenvalue weighted by atomic mass is 35.5. The molecule has 1 aliphatic rings. The Morgan fingerprint density at radius 3 is 2.71 bits per heavy atom. The standard InChI is InChI=1S/C20H25NO2.ClH/c1-16-7-9-17(10-8-16)15-23-19-5-2-4-18(12-19)13-21-14-20-6-3-11-22-20;/h2,4-5,7-10,12,20-21H,3,6,11,13-15H2,1H3;1H. The minimum atomic E-state index is 0. The largest absolute Gasteiger partial charge is 0.489 e. The third-order valence-corrected chi connectivity index (χ3v) is 4.15. The average Bonchev–Trinajstić information content (AvgIpc) is 3.08. The van der Waals surface area contributed by atoms with Crippen molar-refractivity contribution in [1.82, 2.24) is 5.32 Å². The highest BCUT2D eigenvalue weighted by Crippen LogP contribution is 2.16. The molecule has 0 spiro atoms. The predicted molar refractivity (Wildman–Crippen MR) is 99.9 cm³/mol. The lowest BCUT2D eigenvalue weighted by atomic mass is 10.1. The molecule has 3 nitrogen and oxygen atoms in total. The van der Waals surface area contributed by atoms with E-state index in [1.54, 1.807) is 0 Å². The van der Waals surface area contributed by atoms with E-state index in [0.29, 0.717) is 12.7 Å². The second-order valence-electron chi connectivity index (χ2n) is 6.19. The summed E-state index contributed by atoms with van der Waals surface area (Å²) in [5.74, 6) is 0.919. The third-order valence-electron chi connectivity index (χ3n) is 4.15. The fourth-order valence-electron chi connectivity index (χ4n) is 2.78. The van der Waals surface area contributed by atoms with Crippen LogP contribution < -0.4 is 10.1 Å². The fourth-order valence-corrected chi connectivity index (χ4v) is 2.78. The van der Waals surface area contributed by atoms with Gasteiger partial charge >= 0.3 is 0 Å². The SMILES string of the molecule is Cc1ccc(COc2cccc(CNCC3CCCO3)c2)cc1.Cl. The van der Waals surface area contributed by atoms with Gasteiger partial charge in [-0.3, -0.25) is 0 Å². The Bertz CT molecular complexity index is 609. The number of hydrogen-bond acceptors (Lipinski definition) is 3. The van der Waals surface area contributed by atoms with Gasteiger partial charge in [0.25, 0.3) is 0 Å². The van der Waals surface area contributed by atoms with Crippen molar-refractivity contribution in [1.29, 1.82) is 0 Å². The maximum atomic E-state index is 5.90. The van der Waals surface area contributed by atoms with E-state index in [1.807, 2.05) is 12.1 Å². The molecule has 0 amide bonds. The molecule has 4 heteroatoms. The van der Waals surface area contributed by atoms with Gasteiger partial charge in [0.15, 0.2) is 0 Å². The zero-order chi connectivity index (χ0) is 15.9. The lowest BCUT2D eigenvalue weighted by Crippen LogP contribution is -2.25. The molecule has 24 heavy (non-hydrogen) atoms. The number of hydrogen-bond donors (Lipinski definition) is 1. The molecule has 1 atom stereocenters. The van der Waals surface area contributed by atoms with Crippen LogP contribution in [0.4, 0.5) is 0 Å². The second kappa shape index (κ2) is 9.67. The van der Waals surface area contributed by atoms with Crippen LogP contribution in [-0.2, 0) is 17.9 Å². The number of benzene rings is 2. The first kappa shape index (κ1) is 18.8. The molecule has 3 rings (SSSR count). The van der Waals surface area contributed by atoms with Crippen molar-refractivity contribution < 1.29 is 9.47 Å². The predicted octanol–water partition coefficient (Wildman–Crippen LogP) is 4.26. The summed E-state index contributed by atoms with van der Waals surface area (Å²) in [6.07, 6.45) is 2.75. The van der Waals surface area contributed by atoms with Crippen LogP contribution in [-0.4, -0.2) is 19.3 Å². The van der Waals surface area contributed by atoms with Crippen molar-refractivity contribution in [2.75, 3.05) is 13.2 Å². The molecular formula is C20H26ClNO2. The van der Waals surface area contributed by atoms with Crippen molar-refractivity contribution in [3.8, 4) is 5.75 Å². The Kier molecular flexibility index (Phi) is 7.57. The maximum Gasteiger partial charge on any atom is 0.120 e. The Morgan fingerprint density at radius 2 is 1.96 bits per heavy atom. The molecule has 130 valence electrons. The van der Waals surface area contributed by atoms with Crippen molar-refractivity contribution in [3.63, 3.8) is 0 Å². The molecule has 2 aromatic rings. The van der Waals surface area contributed by atoms with Gasteiger partial charge < -0.3 is 14.8 Å². The normalized spacial score (nSPS) is 16.6. The Labute approximate surface area is 150 Å². The minimum Gasteiger partial charge on any atom is -0.489 e. The first-order valence-electron chi connectivity index (χ1n) is 8.39. The molecule has 0 radical (unpaired) electrons. The van der Waals surface area contributed by atoms with E-state index in [0.717, 1.165) is 25.4 Å². The highest BCUT2D eigenvalue weighted by molar-refractivity contribution is 5.85. The van der Waals surface area contributed by atoms with E-state index in [2.05, 4.69) is 48.6 Å². The summed E-state index contributed by atoms with van der Waals surface area (Å²) in [4.78, 5) is 0. The summed E-state index contributed by atoms with van der Waals surface area (Å²) in [6, 6.07) is 16.8. The zero-order valence-corrected chi connectivity index (χ0v) is 15.0. The molecule has 1 aliphatic heterocycles. The summed E-state index contributed by atoms with van der Waals surface area (Å²) >= 11 is 0. The number of aryl methyl sites for hydroxylation is 1.